The summed E-state index contributed by atoms with van der Waals surface area (Å²) in [6.45, 7) is -0.353. The van der Waals surface area contributed by atoms with Crippen LogP contribution < -0.4 is 9.47 Å². The number of hydrogen-bond donors (Lipinski definition) is 1. The molecule has 0 radical (unpaired) electrons. The zero-order chi connectivity index (χ0) is 19.1. The van der Waals surface area contributed by atoms with Crippen molar-refractivity contribution in [1.29, 1.82) is 0 Å². The second-order valence-corrected chi connectivity index (χ2v) is 8.41. The normalized spacial score (nSPS) is 30.7. The third kappa shape index (κ3) is 3.02. The van der Waals surface area contributed by atoms with E-state index >= 15 is 0 Å². The van der Waals surface area contributed by atoms with Crippen molar-refractivity contribution in [3.63, 3.8) is 0 Å². The van der Waals surface area contributed by atoms with Crippen molar-refractivity contribution >= 4 is 15.8 Å². The van der Waals surface area contributed by atoms with Crippen LogP contribution in [0.3, 0.4) is 0 Å². The summed E-state index contributed by atoms with van der Waals surface area (Å²) in [6, 6.07) is 4.52. The number of rotatable bonds is 5. The van der Waals surface area contributed by atoms with Crippen molar-refractivity contribution in [2.75, 3.05) is 33.7 Å². The Balaban J connectivity index is 1.80. The first kappa shape index (κ1) is 18.9. The molecule has 0 spiro atoms. The third-order valence-electron chi connectivity index (χ3n) is 4.54. The van der Waals surface area contributed by atoms with E-state index in [1.807, 2.05) is 0 Å². The highest BCUT2D eigenvalue weighted by Gasteiger charge is 2.62. The molecule has 2 aliphatic rings. The molecule has 3 rings (SSSR count). The van der Waals surface area contributed by atoms with Gasteiger partial charge in [-0.1, -0.05) is 0 Å². The van der Waals surface area contributed by atoms with Crippen molar-refractivity contribution in [1.82, 2.24) is 0 Å². The SMILES string of the molecule is COC(=O)c1ccc(O[C@H]2CO[C@H]3[C@H]2OC[C@]3(O)S(C)(=O)=O)c(OC)c1. The maximum absolute atomic E-state index is 11.9. The lowest BCUT2D eigenvalue weighted by atomic mass is 10.1. The van der Waals surface area contributed by atoms with Gasteiger partial charge >= 0.3 is 5.97 Å². The molecule has 2 saturated heterocycles. The minimum atomic E-state index is -3.81. The molecule has 10 heteroatoms. The molecule has 0 saturated carbocycles. The fourth-order valence-corrected chi connectivity index (χ4v) is 3.96. The molecule has 26 heavy (non-hydrogen) atoms. The molecule has 9 nitrogen and oxygen atoms in total. The van der Waals surface area contributed by atoms with Gasteiger partial charge in [0.05, 0.1) is 33.0 Å². The van der Waals surface area contributed by atoms with E-state index in [0.29, 0.717) is 17.1 Å². The van der Waals surface area contributed by atoms with E-state index in [1.165, 1.54) is 32.4 Å². The van der Waals surface area contributed by atoms with Gasteiger partial charge in [0.15, 0.2) is 27.4 Å². The standard InChI is InChI=1S/C16H20O9S/c1-21-11-6-9(15(17)22-2)4-5-10(11)25-12-7-23-14-13(12)24-8-16(14,18)26(3,19)20/h4-6,12-14,18H,7-8H2,1-3H3/t12-,13-,14-,16-/m0/s1. The zero-order valence-electron chi connectivity index (χ0n) is 14.5. The Morgan fingerprint density at radius 1 is 1.27 bits per heavy atom. The zero-order valence-corrected chi connectivity index (χ0v) is 15.3. The Morgan fingerprint density at radius 2 is 2.00 bits per heavy atom. The summed E-state index contributed by atoms with van der Waals surface area (Å²) in [6.07, 6.45) is -1.50. The van der Waals surface area contributed by atoms with Gasteiger partial charge in [-0.3, -0.25) is 0 Å². The first-order valence-corrected chi connectivity index (χ1v) is 9.68. The van der Waals surface area contributed by atoms with Crippen molar-refractivity contribution in [2.24, 2.45) is 0 Å². The van der Waals surface area contributed by atoms with Gasteiger partial charge in [-0.15, -0.1) is 0 Å². The monoisotopic (exact) mass is 388 g/mol. The van der Waals surface area contributed by atoms with Gasteiger partial charge in [0.2, 0.25) is 4.93 Å². The van der Waals surface area contributed by atoms with Crippen LogP contribution in [0.25, 0.3) is 0 Å². The maximum Gasteiger partial charge on any atom is 0.337 e. The van der Waals surface area contributed by atoms with Crippen LogP contribution in [0.5, 0.6) is 11.5 Å². The quantitative estimate of drug-likeness (QED) is 0.682. The van der Waals surface area contributed by atoms with Gasteiger partial charge in [0.1, 0.15) is 12.2 Å². The lowest BCUT2D eigenvalue weighted by molar-refractivity contribution is -0.0159. The molecule has 1 N–H and O–H groups in total. The molecule has 144 valence electrons. The molecule has 2 heterocycles. The molecule has 0 amide bonds. The molecule has 2 fully saturated rings. The van der Waals surface area contributed by atoms with Crippen LogP contribution >= 0.6 is 0 Å². The largest absolute Gasteiger partial charge is 0.493 e. The van der Waals surface area contributed by atoms with E-state index in [2.05, 4.69) is 4.74 Å². The number of esters is 1. The lowest BCUT2D eigenvalue weighted by Crippen LogP contribution is -2.50. The average molecular weight is 388 g/mol. The highest BCUT2D eigenvalue weighted by molar-refractivity contribution is 7.92. The van der Waals surface area contributed by atoms with Gasteiger partial charge in [-0.05, 0) is 18.2 Å². The molecular formula is C16H20O9S. The number of aliphatic hydroxyl groups is 1. The van der Waals surface area contributed by atoms with Crippen molar-refractivity contribution in [2.45, 2.75) is 23.2 Å². The molecular weight excluding hydrogens is 368 g/mol. The topological polar surface area (TPSA) is 118 Å². The number of benzene rings is 1. The van der Waals surface area contributed by atoms with Gasteiger partial charge in [-0.2, -0.15) is 0 Å². The minimum absolute atomic E-state index is 0.0368. The van der Waals surface area contributed by atoms with Crippen molar-refractivity contribution < 1.29 is 42.0 Å². The van der Waals surface area contributed by atoms with Gasteiger partial charge in [0.25, 0.3) is 0 Å². The summed E-state index contributed by atoms with van der Waals surface area (Å²) in [5.41, 5.74) is 0.292. The Hall–Kier alpha value is -1.88. The van der Waals surface area contributed by atoms with E-state index in [0.717, 1.165) is 6.26 Å². The first-order chi connectivity index (χ1) is 12.2. The summed E-state index contributed by atoms with van der Waals surface area (Å²) in [4.78, 5) is 9.51. The maximum atomic E-state index is 11.9. The molecule has 0 aromatic heterocycles. The van der Waals surface area contributed by atoms with Crippen LogP contribution in [0.15, 0.2) is 18.2 Å². The molecule has 0 bridgehead atoms. The van der Waals surface area contributed by atoms with Gasteiger partial charge in [0, 0.05) is 6.26 Å². The Morgan fingerprint density at radius 3 is 2.62 bits per heavy atom. The second-order valence-electron chi connectivity index (χ2n) is 6.16. The van der Waals surface area contributed by atoms with Crippen LogP contribution in [0, 0.1) is 0 Å². The third-order valence-corrected chi connectivity index (χ3v) is 6.17. The molecule has 0 unspecified atom stereocenters. The van der Waals surface area contributed by atoms with E-state index < -0.39 is 39.1 Å². The van der Waals surface area contributed by atoms with E-state index in [4.69, 9.17) is 18.9 Å². The fourth-order valence-electron chi connectivity index (χ4n) is 3.05. The van der Waals surface area contributed by atoms with Gasteiger partial charge in [-0.25, -0.2) is 13.2 Å². The number of methoxy groups -OCH3 is 2. The molecule has 2 aliphatic heterocycles. The summed E-state index contributed by atoms with van der Waals surface area (Å²) in [5, 5.41) is 10.4. The predicted molar refractivity (Wildman–Crippen MR) is 88.0 cm³/mol. The van der Waals surface area contributed by atoms with E-state index in [9.17, 15) is 18.3 Å². The van der Waals surface area contributed by atoms with Crippen LogP contribution in [0.2, 0.25) is 0 Å². The molecule has 1 aromatic carbocycles. The number of sulfone groups is 1. The van der Waals surface area contributed by atoms with Crippen LogP contribution in [0.4, 0.5) is 0 Å². The average Bonchev–Trinajstić information content (AvgIpc) is 3.16. The van der Waals surface area contributed by atoms with Crippen LogP contribution in [-0.4, -0.2) is 76.4 Å². The molecule has 1 aromatic rings. The minimum Gasteiger partial charge on any atom is -0.493 e. The van der Waals surface area contributed by atoms with E-state index in [-0.39, 0.29) is 13.2 Å². The summed E-state index contributed by atoms with van der Waals surface area (Å²) >= 11 is 0. The summed E-state index contributed by atoms with van der Waals surface area (Å²) in [5.74, 6) is 0.108. The summed E-state index contributed by atoms with van der Waals surface area (Å²) < 4.78 is 50.4. The highest BCUT2D eigenvalue weighted by Crippen LogP contribution is 2.40. The molecule has 0 aliphatic carbocycles. The fraction of sp³-hybridized carbons (Fsp3) is 0.562. The van der Waals surface area contributed by atoms with Crippen LogP contribution in [-0.2, 0) is 24.0 Å². The Bertz CT molecular complexity index is 806. The first-order valence-electron chi connectivity index (χ1n) is 7.79. The smallest absolute Gasteiger partial charge is 0.337 e. The van der Waals surface area contributed by atoms with Gasteiger partial charge < -0.3 is 28.8 Å². The number of carbonyl (C=O) groups is 1. The van der Waals surface area contributed by atoms with Crippen LogP contribution in [0.1, 0.15) is 10.4 Å². The predicted octanol–water partition coefficient (Wildman–Crippen LogP) is -0.240. The number of carbonyl (C=O) groups excluding carboxylic acids is 1. The number of hydrogen-bond acceptors (Lipinski definition) is 9. The van der Waals surface area contributed by atoms with Crippen molar-refractivity contribution in [3.8, 4) is 11.5 Å². The summed E-state index contributed by atoms with van der Waals surface area (Å²) in [7, 11) is -1.11. The van der Waals surface area contributed by atoms with E-state index in [1.54, 1.807) is 0 Å². The molecule has 4 atom stereocenters. The second kappa shape index (κ2) is 6.69. The van der Waals surface area contributed by atoms with Crippen molar-refractivity contribution in [3.05, 3.63) is 23.8 Å². The Labute approximate surface area is 150 Å². The number of fused-ring (bicyclic) bond motifs is 1. The highest BCUT2D eigenvalue weighted by atomic mass is 32.2. The lowest BCUT2D eigenvalue weighted by Gasteiger charge is -2.24. The Kier molecular flexibility index (Phi) is 4.86. The number of ether oxygens (including phenoxy) is 5.